The van der Waals surface area contributed by atoms with Crippen LogP contribution in [0.3, 0.4) is 0 Å². The lowest BCUT2D eigenvalue weighted by atomic mass is 9.92. The van der Waals surface area contributed by atoms with Crippen LogP contribution in [0.2, 0.25) is 5.02 Å². The van der Waals surface area contributed by atoms with Crippen LogP contribution in [0.4, 0.5) is 16.3 Å². The fourth-order valence-corrected chi connectivity index (χ4v) is 3.89. The summed E-state index contributed by atoms with van der Waals surface area (Å²) in [5, 5.41) is 11.1. The number of benzene rings is 2. The summed E-state index contributed by atoms with van der Waals surface area (Å²) in [6.45, 7) is 8.92. The Morgan fingerprint density at radius 1 is 1.08 bits per heavy atom. The number of carbonyl (C=O) groups excluding carboxylic acids is 2. The van der Waals surface area contributed by atoms with Crippen LogP contribution in [0, 0.1) is 0 Å². The predicted molar refractivity (Wildman–Crippen MR) is 149 cm³/mol. The van der Waals surface area contributed by atoms with Crippen molar-refractivity contribution >= 4 is 35.0 Å². The zero-order valence-electron chi connectivity index (χ0n) is 22.2. The third kappa shape index (κ3) is 7.81. The number of aryl methyl sites for hydroxylation is 1. The van der Waals surface area contributed by atoms with Crippen molar-refractivity contribution in [3.8, 4) is 5.69 Å². The molecule has 9 heteroatoms. The van der Waals surface area contributed by atoms with Crippen molar-refractivity contribution in [1.82, 2.24) is 14.7 Å². The summed E-state index contributed by atoms with van der Waals surface area (Å²) in [6, 6.07) is 16.5. The minimum atomic E-state index is -0.356. The van der Waals surface area contributed by atoms with E-state index in [-0.39, 0.29) is 23.9 Å². The van der Waals surface area contributed by atoms with Gasteiger partial charge in [-0.1, -0.05) is 63.6 Å². The minimum Gasteiger partial charge on any atom is -0.385 e. The molecule has 3 aromatic rings. The lowest BCUT2D eigenvalue weighted by Crippen LogP contribution is -2.41. The van der Waals surface area contributed by atoms with Crippen LogP contribution in [-0.4, -0.2) is 53.4 Å². The van der Waals surface area contributed by atoms with E-state index >= 15 is 0 Å². The molecule has 3 rings (SSSR count). The molecule has 3 amide bonds. The molecule has 198 valence electrons. The fourth-order valence-electron chi connectivity index (χ4n) is 3.68. The summed E-state index contributed by atoms with van der Waals surface area (Å²) in [5.74, 6) is 0.137. The lowest BCUT2D eigenvalue weighted by Gasteiger charge is -2.23. The maximum absolute atomic E-state index is 13.2. The molecule has 0 saturated carbocycles. The van der Waals surface area contributed by atoms with Gasteiger partial charge in [-0.3, -0.25) is 4.79 Å². The van der Waals surface area contributed by atoms with E-state index in [0.717, 1.165) is 12.1 Å². The van der Waals surface area contributed by atoms with Crippen molar-refractivity contribution in [2.75, 3.05) is 37.4 Å². The minimum absolute atomic E-state index is 0.138. The van der Waals surface area contributed by atoms with Gasteiger partial charge in [-0.25, -0.2) is 9.48 Å². The molecule has 1 heterocycles. The van der Waals surface area contributed by atoms with Gasteiger partial charge < -0.3 is 20.3 Å². The van der Waals surface area contributed by atoms with E-state index in [1.54, 1.807) is 17.9 Å². The summed E-state index contributed by atoms with van der Waals surface area (Å²) in [5.41, 5.74) is 3.06. The zero-order valence-corrected chi connectivity index (χ0v) is 22.9. The fraction of sp³-hybridized carbons (Fsp3) is 0.393. The van der Waals surface area contributed by atoms with Gasteiger partial charge in [0.1, 0.15) is 12.4 Å². The van der Waals surface area contributed by atoms with Gasteiger partial charge in [-0.15, -0.1) is 0 Å². The monoisotopic (exact) mass is 525 g/mol. The van der Waals surface area contributed by atoms with Gasteiger partial charge >= 0.3 is 6.03 Å². The normalized spacial score (nSPS) is 11.3. The Kier molecular flexibility index (Phi) is 9.72. The number of hydrogen-bond acceptors (Lipinski definition) is 4. The zero-order chi connectivity index (χ0) is 27.0. The van der Waals surface area contributed by atoms with Crippen molar-refractivity contribution in [3.63, 3.8) is 0 Å². The van der Waals surface area contributed by atoms with E-state index < -0.39 is 0 Å². The highest BCUT2D eigenvalue weighted by Crippen LogP contribution is 2.29. The van der Waals surface area contributed by atoms with Gasteiger partial charge in [-0.2, -0.15) is 5.10 Å². The number of amides is 3. The number of para-hydroxylation sites is 1. The van der Waals surface area contributed by atoms with E-state index in [4.69, 9.17) is 21.4 Å². The maximum atomic E-state index is 13.2. The molecule has 37 heavy (non-hydrogen) atoms. The van der Waals surface area contributed by atoms with Crippen molar-refractivity contribution in [1.29, 1.82) is 0 Å². The van der Waals surface area contributed by atoms with E-state index in [0.29, 0.717) is 41.8 Å². The first kappa shape index (κ1) is 28.2. The number of nitrogens with zero attached hydrogens (tertiary/aromatic N) is 3. The number of carbonyl (C=O) groups is 2. The number of methoxy groups -OCH3 is 1. The number of halogens is 1. The predicted octanol–water partition coefficient (Wildman–Crippen LogP) is 5.89. The van der Waals surface area contributed by atoms with E-state index in [1.807, 2.05) is 69.3 Å². The number of ether oxygens (including phenoxy) is 1. The van der Waals surface area contributed by atoms with Gasteiger partial charge in [0.25, 0.3) is 0 Å². The molecule has 2 aromatic carbocycles. The molecule has 8 nitrogen and oxygen atoms in total. The van der Waals surface area contributed by atoms with Crippen molar-refractivity contribution in [2.45, 2.75) is 46.0 Å². The van der Waals surface area contributed by atoms with E-state index in [2.05, 4.69) is 17.6 Å². The van der Waals surface area contributed by atoms with E-state index in [1.165, 1.54) is 10.5 Å². The van der Waals surface area contributed by atoms with Gasteiger partial charge in [0.15, 0.2) is 0 Å². The first-order chi connectivity index (χ1) is 17.6. The van der Waals surface area contributed by atoms with Crippen LogP contribution in [0.15, 0.2) is 54.6 Å². The lowest BCUT2D eigenvalue weighted by molar-refractivity contribution is -0.116. The molecular formula is C28H36ClN5O3. The molecule has 0 atom stereocenters. The highest BCUT2D eigenvalue weighted by atomic mass is 35.5. The smallest absolute Gasteiger partial charge is 0.322 e. The average Bonchev–Trinajstić information content (AvgIpc) is 3.28. The Bertz CT molecular complexity index is 1200. The number of hydrogen-bond donors (Lipinski definition) is 2. The Morgan fingerprint density at radius 2 is 1.78 bits per heavy atom. The van der Waals surface area contributed by atoms with Crippen LogP contribution in [0.5, 0.6) is 0 Å². The third-order valence-electron chi connectivity index (χ3n) is 5.84. The largest absolute Gasteiger partial charge is 0.385 e. The summed E-state index contributed by atoms with van der Waals surface area (Å²) < 4.78 is 6.77. The second-order valence-electron chi connectivity index (χ2n) is 9.82. The average molecular weight is 526 g/mol. The maximum Gasteiger partial charge on any atom is 0.322 e. The van der Waals surface area contributed by atoms with Crippen LogP contribution in [0.1, 0.15) is 45.4 Å². The highest BCUT2D eigenvalue weighted by molar-refractivity contribution is 6.32. The van der Waals surface area contributed by atoms with Gasteiger partial charge in [0, 0.05) is 37.4 Å². The molecule has 0 bridgehead atoms. The quantitative estimate of drug-likeness (QED) is 0.323. The second-order valence-corrected chi connectivity index (χ2v) is 10.2. The highest BCUT2D eigenvalue weighted by Gasteiger charge is 2.24. The first-order valence-corrected chi connectivity index (χ1v) is 12.8. The number of nitrogens with one attached hydrogen (secondary N) is 2. The Balaban J connectivity index is 1.80. The molecule has 2 N–H and O–H groups in total. The van der Waals surface area contributed by atoms with Gasteiger partial charge in [0.2, 0.25) is 5.91 Å². The summed E-state index contributed by atoms with van der Waals surface area (Å²) in [7, 11) is 1.61. The molecule has 0 aliphatic heterocycles. The Hall–Kier alpha value is -3.36. The summed E-state index contributed by atoms with van der Waals surface area (Å²) in [4.78, 5) is 27.7. The molecule has 0 spiro atoms. The molecule has 0 fully saturated rings. The number of aromatic nitrogens is 2. The van der Waals surface area contributed by atoms with Crippen LogP contribution >= 0.6 is 11.6 Å². The molecule has 1 aromatic heterocycles. The van der Waals surface area contributed by atoms with E-state index in [9.17, 15) is 9.59 Å². The third-order valence-corrected chi connectivity index (χ3v) is 6.16. The van der Waals surface area contributed by atoms with Crippen LogP contribution in [-0.2, 0) is 21.4 Å². The second kappa shape index (κ2) is 12.7. The molecule has 0 unspecified atom stereocenters. The SMILES string of the molecule is CCc1ccc(NC(=O)N(CCCOC)CC(=O)Nc2cc(C(C)(C)C)nn2-c2ccccc2Cl)cc1. The topological polar surface area (TPSA) is 88.5 Å². The van der Waals surface area contributed by atoms with Crippen LogP contribution in [0.25, 0.3) is 5.69 Å². The van der Waals surface area contributed by atoms with Gasteiger partial charge in [-0.05, 0) is 42.7 Å². The Morgan fingerprint density at radius 3 is 2.41 bits per heavy atom. The summed E-state index contributed by atoms with van der Waals surface area (Å²) >= 11 is 6.44. The Labute approximate surface area is 223 Å². The standard InChI is InChI=1S/C28H36ClN5O3/c1-6-20-12-14-21(15-13-20)30-27(36)33(16-9-17-37-5)19-26(35)31-25-18-24(28(2,3)4)32-34(25)23-11-8-7-10-22(23)29/h7-8,10-15,18H,6,9,16-17,19H2,1-5H3,(H,30,36)(H,31,35). The van der Waals surface area contributed by atoms with Crippen molar-refractivity contribution < 1.29 is 14.3 Å². The van der Waals surface area contributed by atoms with Crippen molar-refractivity contribution in [2.24, 2.45) is 0 Å². The molecule has 0 radical (unpaired) electrons. The summed E-state index contributed by atoms with van der Waals surface area (Å²) in [6.07, 6.45) is 1.51. The molecular weight excluding hydrogens is 490 g/mol. The first-order valence-electron chi connectivity index (χ1n) is 12.4. The van der Waals surface area contributed by atoms with Crippen LogP contribution < -0.4 is 10.6 Å². The number of anilines is 2. The molecule has 0 saturated heterocycles. The van der Waals surface area contributed by atoms with Crippen molar-refractivity contribution in [3.05, 3.63) is 70.9 Å². The number of rotatable bonds is 10. The molecule has 0 aliphatic carbocycles. The van der Waals surface area contributed by atoms with Gasteiger partial charge in [0.05, 0.1) is 16.4 Å². The molecule has 0 aliphatic rings. The number of urea groups is 1.